The van der Waals surface area contributed by atoms with Gasteiger partial charge < -0.3 is 20.5 Å². The number of nitrogens with one attached hydrogen (secondary N) is 2. The molecular formula is C24H21ClN4O6. The standard InChI is InChI=1S/C24H21ClN4O6/c1-10-13(25)4-3-12-20(10)27-23(33)24(12)19-18(14(28-24)7-17(26)30)21(31)29(22(19)32)8-11-2-5-15-16(6-11)35-9-34-15/h2-6,14,18-19,28H,7-9H2,1H3,(H2,26,30)(H,27,33)/t14-,18+,19-,24+/m0/s1. The van der Waals surface area contributed by atoms with Crippen molar-refractivity contribution in [1.29, 1.82) is 0 Å². The summed E-state index contributed by atoms with van der Waals surface area (Å²) in [6.45, 7) is 1.86. The van der Waals surface area contributed by atoms with E-state index in [4.69, 9.17) is 26.8 Å². The van der Waals surface area contributed by atoms with Crippen LogP contribution in [0.4, 0.5) is 5.69 Å². The van der Waals surface area contributed by atoms with Crippen LogP contribution >= 0.6 is 11.6 Å². The molecule has 6 rings (SSSR count). The number of benzene rings is 2. The number of primary amides is 1. The molecule has 1 spiro atoms. The number of carbonyl (C=O) groups excluding carboxylic acids is 4. The van der Waals surface area contributed by atoms with Crippen molar-refractivity contribution in [3.05, 3.63) is 52.0 Å². The van der Waals surface area contributed by atoms with Crippen LogP contribution in [-0.4, -0.2) is 41.4 Å². The van der Waals surface area contributed by atoms with E-state index in [9.17, 15) is 19.2 Å². The summed E-state index contributed by atoms with van der Waals surface area (Å²) in [5.41, 5.74) is 6.30. The molecule has 4 heterocycles. The van der Waals surface area contributed by atoms with Crippen LogP contribution in [0.5, 0.6) is 11.5 Å². The fourth-order valence-corrected chi connectivity index (χ4v) is 5.98. The zero-order valence-electron chi connectivity index (χ0n) is 18.6. The quantitative estimate of drug-likeness (QED) is 0.540. The lowest BCUT2D eigenvalue weighted by molar-refractivity contribution is -0.143. The Bertz CT molecular complexity index is 1350. The van der Waals surface area contributed by atoms with Gasteiger partial charge in [-0.3, -0.25) is 29.4 Å². The van der Waals surface area contributed by atoms with Gasteiger partial charge in [0, 0.05) is 23.0 Å². The highest BCUT2D eigenvalue weighted by Crippen LogP contribution is 2.54. The number of likely N-dealkylation sites (tertiary alicyclic amines) is 1. The fraction of sp³-hybridized carbons (Fsp3) is 0.333. The molecule has 2 aromatic carbocycles. The van der Waals surface area contributed by atoms with Gasteiger partial charge in [0.25, 0.3) is 0 Å². The summed E-state index contributed by atoms with van der Waals surface area (Å²) in [5.74, 6) is -2.92. The van der Waals surface area contributed by atoms with Crippen LogP contribution < -0.4 is 25.8 Å². The third kappa shape index (κ3) is 2.93. The van der Waals surface area contributed by atoms with Crippen LogP contribution in [0.15, 0.2) is 30.3 Å². The highest BCUT2D eigenvalue weighted by molar-refractivity contribution is 6.32. The zero-order valence-corrected chi connectivity index (χ0v) is 19.3. The summed E-state index contributed by atoms with van der Waals surface area (Å²) in [5, 5.41) is 6.47. The molecule has 2 fully saturated rings. The van der Waals surface area contributed by atoms with Crippen LogP contribution in [0.2, 0.25) is 5.02 Å². The maximum absolute atomic E-state index is 13.8. The maximum Gasteiger partial charge on any atom is 0.250 e. The van der Waals surface area contributed by atoms with E-state index in [0.29, 0.717) is 38.9 Å². The third-order valence-corrected chi connectivity index (χ3v) is 7.78. The summed E-state index contributed by atoms with van der Waals surface area (Å²) < 4.78 is 10.7. The van der Waals surface area contributed by atoms with Gasteiger partial charge in [-0.25, -0.2) is 0 Å². The second-order valence-corrected chi connectivity index (χ2v) is 9.64. The number of rotatable bonds is 4. The van der Waals surface area contributed by atoms with Crippen molar-refractivity contribution in [3.8, 4) is 11.5 Å². The molecule has 2 saturated heterocycles. The minimum absolute atomic E-state index is 0.00516. The van der Waals surface area contributed by atoms with E-state index < -0.39 is 47.0 Å². The smallest absolute Gasteiger partial charge is 0.250 e. The van der Waals surface area contributed by atoms with Gasteiger partial charge in [0.2, 0.25) is 30.4 Å². The Labute approximate surface area is 204 Å². The number of carbonyl (C=O) groups is 4. The minimum Gasteiger partial charge on any atom is -0.454 e. The van der Waals surface area contributed by atoms with Crippen LogP contribution in [0.3, 0.4) is 0 Å². The summed E-state index contributed by atoms with van der Waals surface area (Å²) >= 11 is 6.27. The number of nitrogens with two attached hydrogens (primary N) is 1. The largest absolute Gasteiger partial charge is 0.454 e. The van der Waals surface area contributed by atoms with Crippen molar-refractivity contribution in [3.63, 3.8) is 0 Å². The van der Waals surface area contributed by atoms with Gasteiger partial charge in [-0.2, -0.15) is 0 Å². The number of ether oxygens (including phenoxy) is 2. The Morgan fingerprint density at radius 3 is 2.71 bits per heavy atom. The molecule has 4 amide bonds. The Kier molecular flexibility index (Phi) is 4.64. The molecule has 11 heteroatoms. The Hall–Kier alpha value is -3.63. The van der Waals surface area contributed by atoms with Gasteiger partial charge in [-0.1, -0.05) is 23.7 Å². The Balaban J connectivity index is 1.43. The Morgan fingerprint density at radius 2 is 1.94 bits per heavy atom. The molecule has 0 aliphatic carbocycles. The van der Waals surface area contributed by atoms with Gasteiger partial charge in [0.05, 0.1) is 24.1 Å². The number of fused-ring (bicyclic) bond motifs is 5. The van der Waals surface area contributed by atoms with Crippen LogP contribution in [0.25, 0.3) is 0 Å². The second kappa shape index (κ2) is 7.43. The molecule has 0 bridgehead atoms. The normalized spacial score (nSPS) is 28.0. The molecule has 2 aromatic rings. The van der Waals surface area contributed by atoms with Crippen molar-refractivity contribution < 1.29 is 28.7 Å². The first-order valence-corrected chi connectivity index (χ1v) is 11.5. The van der Waals surface area contributed by atoms with E-state index in [2.05, 4.69) is 10.6 Å². The molecule has 4 aliphatic heterocycles. The minimum atomic E-state index is -1.52. The maximum atomic E-state index is 13.8. The molecule has 10 nitrogen and oxygen atoms in total. The molecule has 4 atom stereocenters. The molecular weight excluding hydrogens is 476 g/mol. The van der Waals surface area contributed by atoms with Crippen molar-refractivity contribution in [2.75, 3.05) is 12.1 Å². The predicted molar refractivity (Wildman–Crippen MR) is 122 cm³/mol. The van der Waals surface area contributed by atoms with Gasteiger partial charge in [-0.15, -0.1) is 0 Å². The van der Waals surface area contributed by atoms with Gasteiger partial charge in [0.15, 0.2) is 11.5 Å². The SMILES string of the molecule is Cc1c(Cl)ccc2c1NC(=O)[C@@]21N[C@@H](CC(N)=O)[C@H]2C(=O)N(Cc3ccc4c(c3)OCO4)C(=O)[C@H]21. The van der Waals surface area contributed by atoms with Gasteiger partial charge in [0.1, 0.15) is 5.54 Å². The number of halogens is 1. The first-order chi connectivity index (χ1) is 16.7. The molecule has 4 aliphatic rings. The molecule has 0 saturated carbocycles. The summed E-state index contributed by atoms with van der Waals surface area (Å²) in [6.07, 6.45) is -0.199. The number of imide groups is 1. The predicted octanol–water partition coefficient (Wildman–Crippen LogP) is 1.17. The number of nitrogens with zero attached hydrogens (tertiary/aromatic N) is 1. The summed E-state index contributed by atoms with van der Waals surface area (Å²) in [7, 11) is 0. The first-order valence-electron chi connectivity index (χ1n) is 11.1. The molecule has 0 unspecified atom stereocenters. The highest BCUT2D eigenvalue weighted by atomic mass is 35.5. The number of hydrogen-bond donors (Lipinski definition) is 3. The lowest BCUT2D eigenvalue weighted by Gasteiger charge is -2.29. The van der Waals surface area contributed by atoms with E-state index in [0.717, 1.165) is 4.90 Å². The number of anilines is 1. The van der Waals surface area contributed by atoms with Crippen LogP contribution in [0.1, 0.15) is 23.1 Å². The molecule has 35 heavy (non-hydrogen) atoms. The monoisotopic (exact) mass is 496 g/mol. The zero-order chi connectivity index (χ0) is 24.6. The number of hydrogen-bond acceptors (Lipinski definition) is 7. The lowest BCUT2D eigenvalue weighted by atomic mass is 9.76. The van der Waals surface area contributed by atoms with E-state index in [1.807, 2.05) is 0 Å². The van der Waals surface area contributed by atoms with Crippen molar-refractivity contribution >= 4 is 40.9 Å². The number of amides is 4. The van der Waals surface area contributed by atoms with E-state index in [1.165, 1.54) is 0 Å². The molecule has 0 radical (unpaired) electrons. The summed E-state index contributed by atoms with van der Waals surface area (Å²) in [6, 6.07) is 7.73. The van der Waals surface area contributed by atoms with Gasteiger partial charge in [-0.05, 0) is 36.2 Å². The van der Waals surface area contributed by atoms with Crippen LogP contribution in [0, 0.1) is 18.8 Å². The molecule has 4 N–H and O–H groups in total. The highest BCUT2D eigenvalue weighted by Gasteiger charge is 2.70. The summed E-state index contributed by atoms with van der Waals surface area (Å²) in [4.78, 5) is 53.9. The molecule has 0 aromatic heterocycles. The first kappa shape index (κ1) is 21.9. The topological polar surface area (TPSA) is 140 Å². The third-order valence-electron chi connectivity index (χ3n) is 7.37. The Morgan fingerprint density at radius 1 is 1.17 bits per heavy atom. The van der Waals surface area contributed by atoms with E-state index in [-0.39, 0.29) is 19.8 Å². The second-order valence-electron chi connectivity index (χ2n) is 9.23. The fourth-order valence-electron chi connectivity index (χ4n) is 5.82. The average molecular weight is 497 g/mol. The van der Waals surface area contributed by atoms with Crippen molar-refractivity contribution in [1.82, 2.24) is 10.2 Å². The van der Waals surface area contributed by atoms with Crippen molar-refractivity contribution in [2.45, 2.75) is 31.5 Å². The lowest BCUT2D eigenvalue weighted by Crippen LogP contribution is -2.53. The van der Waals surface area contributed by atoms with E-state index in [1.54, 1.807) is 37.3 Å². The van der Waals surface area contributed by atoms with Crippen molar-refractivity contribution in [2.24, 2.45) is 17.6 Å². The molecule has 180 valence electrons. The van der Waals surface area contributed by atoms with Gasteiger partial charge >= 0.3 is 0 Å². The van der Waals surface area contributed by atoms with E-state index >= 15 is 0 Å². The van der Waals surface area contributed by atoms with Crippen LogP contribution in [-0.2, 0) is 31.3 Å². The average Bonchev–Trinajstić information content (AvgIpc) is 3.53.